The summed E-state index contributed by atoms with van der Waals surface area (Å²) < 4.78 is 35.0. The van der Waals surface area contributed by atoms with Crippen molar-refractivity contribution in [2.75, 3.05) is 19.7 Å². The van der Waals surface area contributed by atoms with Crippen LogP contribution in [0.25, 0.3) is 10.9 Å². The second kappa shape index (κ2) is 6.96. The summed E-state index contributed by atoms with van der Waals surface area (Å²) in [6.07, 6.45) is 3.69. The standard InChI is InChI=1S/C21H21N3O4S/c25-21-18-5-1-2-6-19(18)22-14-24(21)16-4-3-10-23(13-16)29(26,27)17-7-8-20-15(12-17)9-11-28-20/h1-2,5-8,12,14,16H,3-4,9-11,13H2/t16-/m1/s1. The predicted octanol–water partition coefficient (Wildman–Crippen LogP) is 2.36. The van der Waals surface area contributed by atoms with Crippen LogP contribution in [-0.2, 0) is 16.4 Å². The van der Waals surface area contributed by atoms with Crippen LogP contribution in [0.4, 0.5) is 0 Å². The van der Waals surface area contributed by atoms with Crippen LogP contribution < -0.4 is 10.3 Å². The number of hydrogen-bond donors (Lipinski definition) is 0. The number of rotatable bonds is 3. The number of benzene rings is 2. The third-order valence-electron chi connectivity index (χ3n) is 5.74. The summed E-state index contributed by atoms with van der Waals surface area (Å²) in [6.45, 7) is 1.29. The Morgan fingerprint density at radius 1 is 1.14 bits per heavy atom. The van der Waals surface area contributed by atoms with Crippen molar-refractivity contribution in [3.8, 4) is 5.75 Å². The number of para-hydroxylation sites is 1. The van der Waals surface area contributed by atoms with Gasteiger partial charge in [0.15, 0.2) is 0 Å². The molecule has 0 aliphatic carbocycles. The molecule has 1 aromatic heterocycles. The molecule has 3 heterocycles. The van der Waals surface area contributed by atoms with E-state index >= 15 is 0 Å². The Hall–Kier alpha value is -2.71. The van der Waals surface area contributed by atoms with Gasteiger partial charge in [-0.1, -0.05) is 12.1 Å². The Morgan fingerprint density at radius 2 is 2.00 bits per heavy atom. The predicted molar refractivity (Wildman–Crippen MR) is 109 cm³/mol. The van der Waals surface area contributed by atoms with Gasteiger partial charge >= 0.3 is 0 Å². The van der Waals surface area contributed by atoms with Gasteiger partial charge in [-0.3, -0.25) is 9.36 Å². The molecule has 5 rings (SSSR count). The zero-order valence-corrected chi connectivity index (χ0v) is 16.6. The van der Waals surface area contributed by atoms with E-state index in [2.05, 4.69) is 4.98 Å². The highest BCUT2D eigenvalue weighted by atomic mass is 32.2. The first-order chi connectivity index (χ1) is 14.0. The Balaban J connectivity index is 1.46. The first-order valence-electron chi connectivity index (χ1n) is 9.76. The van der Waals surface area contributed by atoms with Gasteiger partial charge in [-0.15, -0.1) is 0 Å². The number of aromatic nitrogens is 2. The van der Waals surface area contributed by atoms with Gasteiger partial charge < -0.3 is 4.74 Å². The van der Waals surface area contributed by atoms with Crippen LogP contribution in [0, 0.1) is 0 Å². The molecule has 2 aliphatic heterocycles. The van der Waals surface area contributed by atoms with Crippen molar-refractivity contribution in [1.82, 2.24) is 13.9 Å². The van der Waals surface area contributed by atoms with E-state index < -0.39 is 10.0 Å². The van der Waals surface area contributed by atoms with E-state index in [1.807, 2.05) is 12.1 Å². The van der Waals surface area contributed by atoms with Gasteiger partial charge in [-0.05, 0) is 48.7 Å². The molecule has 0 bridgehead atoms. The Labute approximate surface area is 168 Å². The van der Waals surface area contributed by atoms with Crippen LogP contribution in [0.1, 0.15) is 24.4 Å². The highest BCUT2D eigenvalue weighted by Gasteiger charge is 2.32. The number of sulfonamides is 1. The fourth-order valence-corrected chi connectivity index (χ4v) is 5.75. The minimum absolute atomic E-state index is 0.130. The highest BCUT2D eigenvalue weighted by Crippen LogP contribution is 2.31. The fraction of sp³-hybridized carbons (Fsp3) is 0.333. The molecule has 1 atom stereocenters. The summed E-state index contributed by atoms with van der Waals surface area (Å²) in [6, 6.07) is 12.0. The van der Waals surface area contributed by atoms with Crippen LogP contribution in [0.15, 0.2) is 58.5 Å². The summed E-state index contributed by atoms with van der Waals surface area (Å²) >= 11 is 0. The van der Waals surface area contributed by atoms with Crippen molar-refractivity contribution in [2.45, 2.75) is 30.2 Å². The largest absolute Gasteiger partial charge is 0.493 e. The number of hydrogen-bond acceptors (Lipinski definition) is 5. The SMILES string of the molecule is O=c1c2ccccc2ncn1[C@@H]1CCCN(S(=O)(=O)c2ccc3c(c2)CCO3)C1. The van der Waals surface area contributed by atoms with Crippen molar-refractivity contribution in [3.63, 3.8) is 0 Å². The molecule has 1 saturated heterocycles. The zero-order valence-electron chi connectivity index (χ0n) is 15.8. The lowest BCUT2D eigenvalue weighted by Gasteiger charge is -2.32. The van der Waals surface area contributed by atoms with Crippen LogP contribution >= 0.6 is 0 Å². The van der Waals surface area contributed by atoms with Crippen LogP contribution in [-0.4, -0.2) is 42.0 Å². The van der Waals surface area contributed by atoms with Gasteiger partial charge in [0.1, 0.15) is 5.75 Å². The van der Waals surface area contributed by atoms with E-state index in [1.165, 1.54) is 10.6 Å². The first kappa shape index (κ1) is 18.3. The fourth-order valence-electron chi connectivity index (χ4n) is 4.18. The first-order valence-corrected chi connectivity index (χ1v) is 11.2. The summed E-state index contributed by atoms with van der Waals surface area (Å²) in [7, 11) is -3.64. The third kappa shape index (κ3) is 3.12. The molecule has 0 saturated carbocycles. The molecule has 2 aliphatic rings. The van der Waals surface area contributed by atoms with Crippen LogP contribution in [0.3, 0.4) is 0 Å². The van der Waals surface area contributed by atoms with Gasteiger partial charge in [-0.25, -0.2) is 13.4 Å². The van der Waals surface area contributed by atoms with E-state index in [4.69, 9.17) is 4.74 Å². The van der Waals surface area contributed by atoms with Crippen LogP contribution in [0.2, 0.25) is 0 Å². The molecule has 0 N–H and O–H groups in total. The van der Waals surface area contributed by atoms with Gasteiger partial charge in [0.2, 0.25) is 10.0 Å². The number of nitrogens with zero attached hydrogens (tertiary/aromatic N) is 3. The second-order valence-electron chi connectivity index (χ2n) is 7.50. The molecule has 0 amide bonds. The maximum atomic E-state index is 13.2. The summed E-state index contributed by atoms with van der Waals surface area (Å²) in [5.41, 5.74) is 1.44. The van der Waals surface area contributed by atoms with E-state index in [1.54, 1.807) is 34.9 Å². The molecule has 0 unspecified atom stereocenters. The van der Waals surface area contributed by atoms with Crippen LogP contribution in [0.5, 0.6) is 5.75 Å². The lowest BCUT2D eigenvalue weighted by Crippen LogP contribution is -2.42. The molecule has 2 aromatic carbocycles. The van der Waals surface area contributed by atoms with E-state index in [-0.39, 0.29) is 23.0 Å². The molecule has 0 spiro atoms. The number of ether oxygens (including phenoxy) is 1. The minimum Gasteiger partial charge on any atom is -0.493 e. The van der Waals surface area contributed by atoms with E-state index in [0.717, 1.165) is 24.2 Å². The molecule has 150 valence electrons. The Kier molecular flexibility index (Phi) is 4.40. The lowest BCUT2D eigenvalue weighted by molar-refractivity contribution is 0.262. The molecule has 8 heteroatoms. The molecular weight excluding hydrogens is 390 g/mol. The maximum absolute atomic E-state index is 13.2. The van der Waals surface area contributed by atoms with Gasteiger partial charge in [0.25, 0.3) is 5.56 Å². The van der Waals surface area contributed by atoms with Crippen molar-refractivity contribution in [2.24, 2.45) is 0 Å². The van der Waals surface area contributed by atoms with Crippen molar-refractivity contribution in [3.05, 3.63) is 64.7 Å². The quantitative estimate of drug-likeness (QED) is 0.661. The molecule has 3 aromatic rings. The van der Waals surface area contributed by atoms with Gasteiger partial charge in [0.05, 0.1) is 34.8 Å². The molecule has 7 nitrogen and oxygen atoms in total. The summed E-state index contributed by atoms with van der Waals surface area (Å²) in [5.74, 6) is 0.759. The normalized spacial score (nSPS) is 19.8. The van der Waals surface area contributed by atoms with Crippen molar-refractivity contribution < 1.29 is 13.2 Å². The van der Waals surface area contributed by atoms with Gasteiger partial charge in [0, 0.05) is 19.5 Å². The number of piperidine rings is 1. The topological polar surface area (TPSA) is 81.5 Å². The average molecular weight is 411 g/mol. The van der Waals surface area contributed by atoms with E-state index in [0.29, 0.717) is 30.5 Å². The molecule has 1 fully saturated rings. The highest BCUT2D eigenvalue weighted by molar-refractivity contribution is 7.89. The number of fused-ring (bicyclic) bond motifs is 2. The van der Waals surface area contributed by atoms with E-state index in [9.17, 15) is 13.2 Å². The maximum Gasteiger partial charge on any atom is 0.261 e. The van der Waals surface area contributed by atoms with Crippen molar-refractivity contribution in [1.29, 1.82) is 0 Å². The Bertz CT molecular complexity index is 1250. The van der Waals surface area contributed by atoms with Gasteiger partial charge in [-0.2, -0.15) is 4.31 Å². The molecular formula is C21H21N3O4S. The average Bonchev–Trinajstić information content (AvgIpc) is 3.22. The second-order valence-corrected chi connectivity index (χ2v) is 9.44. The smallest absolute Gasteiger partial charge is 0.261 e. The summed E-state index contributed by atoms with van der Waals surface area (Å²) in [4.78, 5) is 17.6. The summed E-state index contributed by atoms with van der Waals surface area (Å²) in [5, 5.41) is 0.550. The molecule has 0 radical (unpaired) electrons. The zero-order chi connectivity index (χ0) is 20.0. The van der Waals surface area contributed by atoms with Crippen molar-refractivity contribution >= 4 is 20.9 Å². The Morgan fingerprint density at radius 3 is 2.90 bits per heavy atom. The minimum atomic E-state index is -3.64. The lowest BCUT2D eigenvalue weighted by atomic mass is 10.1. The monoisotopic (exact) mass is 411 g/mol. The third-order valence-corrected chi connectivity index (χ3v) is 7.60. The molecule has 29 heavy (non-hydrogen) atoms.